The molecule has 0 bridgehead atoms. The van der Waals surface area contributed by atoms with Crippen LogP contribution in [0.25, 0.3) is 0 Å². The third kappa shape index (κ3) is 4.79. The van der Waals surface area contributed by atoms with Gasteiger partial charge in [-0.15, -0.1) is 0 Å². The number of benzene rings is 1. The molecule has 0 spiro atoms. The Morgan fingerprint density at radius 1 is 1.08 bits per heavy atom. The first kappa shape index (κ1) is 17.4. The molecule has 2 aromatic rings. The van der Waals surface area contributed by atoms with Gasteiger partial charge in [0.25, 0.3) is 11.8 Å². The van der Waals surface area contributed by atoms with Crippen molar-refractivity contribution in [3.63, 3.8) is 0 Å². The molecular formula is C16H14ClN3O4. The second-order valence-electron chi connectivity index (χ2n) is 4.65. The van der Waals surface area contributed by atoms with Crippen molar-refractivity contribution in [3.05, 3.63) is 58.9 Å². The van der Waals surface area contributed by atoms with Gasteiger partial charge in [-0.2, -0.15) is 0 Å². The number of esters is 1. The summed E-state index contributed by atoms with van der Waals surface area (Å²) in [6.07, 6.45) is 1.26. The fourth-order valence-corrected chi connectivity index (χ4v) is 1.87. The quantitative estimate of drug-likeness (QED) is 0.636. The average Bonchev–Trinajstić information content (AvgIpc) is 2.60. The topological polar surface area (TPSA) is 97.4 Å². The van der Waals surface area contributed by atoms with E-state index in [-0.39, 0.29) is 16.6 Å². The fourth-order valence-electron chi connectivity index (χ4n) is 1.76. The highest BCUT2D eigenvalue weighted by Crippen LogP contribution is 2.10. The van der Waals surface area contributed by atoms with Crippen molar-refractivity contribution in [1.29, 1.82) is 0 Å². The number of amides is 2. The maximum atomic E-state index is 11.8. The van der Waals surface area contributed by atoms with Gasteiger partial charge in [-0.3, -0.25) is 9.59 Å². The third-order valence-corrected chi connectivity index (χ3v) is 3.18. The number of nitrogens with one attached hydrogen (secondary N) is 2. The summed E-state index contributed by atoms with van der Waals surface area (Å²) in [6.45, 7) is -0.446. The Kier molecular flexibility index (Phi) is 5.86. The number of ether oxygens (including phenoxy) is 1. The van der Waals surface area contributed by atoms with Crippen LogP contribution >= 0.6 is 11.6 Å². The zero-order valence-electron chi connectivity index (χ0n) is 12.7. The average molecular weight is 348 g/mol. The molecule has 2 rings (SSSR count). The van der Waals surface area contributed by atoms with E-state index in [0.717, 1.165) is 0 Å². The molecule has 124 valence electrons. The fraction of sp³-hybridized carbons (Fsp3) is 0.125. The highest BCUT2D eigenvalue weighted by molar-refractivity contribution is 6.29. The standard InChI is InChI=1S/C16H14ClN3O4/c1-18-15(22)10-2-5-12(6-3-10)20-14(21)9-24-16(23)11-4-7-13(17)19-8-11/h2-8H,9H2,1H3,(H,18,22)(H,20,21). The predicted molar refractivity (Wildman–Crippen MR) is 88.0 cm³/mol. The highest BCUT2D eigenvalue weighted by atomic mass is 35.5. The largest absolute Gasteiger partial charge is 0.452 e. The van der Waals surface area contributed by atoms with E-state index in [1.165, 1.54) is 25.4 Å². The second-order valence-corrected chi connectivity index (χ2v) is 5.04. The van der Waals surface area contributed by atoms with Crippen LogP contribution in [0.5, 0.6) is 0 Å². The van der Waals surface area contributed by atoms with Crippen molar-refractivity contribution in [1.82, 2.24) is 10.3 Å². The van der Waals surface area contributed by atoms with Gasteiger partial charge in [0.1, 0.15) is 5.15 Å². The van der Waals surface area contributed by atoms with E-state index >= 15 is 0 Å². The molecule has 0 atom stereocenters. The van der Waals surface area contributed by atoms with E-state index in [1.807, 2.05) is 0 Å². The molecular weight excluding hydrogens is 334 g/mol. The summed E-state index contributed by atoms with van der Waals surface area (Å²) in [5.41, 5.74) is 1.15. The van der Waals surface area contributed by atoms with E-state index in [0.29, 0.717) is 11.3 Å². The lowest BCUT2D eigenvalue weighted by atomic mass is 10.2. The molecule has 0 saturated carbocycles. The van der Waals surface area contributed by atoms with Crippen molar-refractivity contribution in [2.24, 2.45) is 0 Å². The van der Waals surface area contributed by atoms with Crippen LogP contribution in [-0.2, 0) is 9.53 Å². The Hall–Kier alpha value is -2.93. The third-order valence-electron chi connectivity index (χ3n) is 2.96. The van der Waals surface area contributed by atoms with Crippen LogP contribution in [0.3, 0.4) is 0 Å². The van der Waals surface area contributed by atoms with E-state index in [1.54, 1.807) is 24.3 Å². The first-order valence-corrected chi connectivity index (χ1v) is 7.28. The number of rotatable bonds is 5. The van der Waals surface area contributed by atoms with Crippen LogP contribution in [0.4, 0.5) is 5.69 Å². The van der Waals surface area contributed by atoms with Crippen molar-refractivity contribution >= 4 is 35.1 Å². The Labute approximate surface area is 143 Å². The number of halogens is 1. The van der Waals surface area contributed by atoms with Gasteiger partial charge in [-0.1, -0.05) is 11.6 Å². The lowest BCUT2D eigenvalue weighted by Crippen LogP contribution is -2.21. The molecule has 8 heteroatoms. The van der Waals surface area contributed by atoms with Gasteiger partial charge in [0.05, 0.1) is 5.56 Å². The zero-order chi connectivity index (χ0) is 17.5. The van der Waals surface area contributed by atoms with Gasteiger partial charge in [-0.05, 0) is 36.4 Å². The van der Waals surface area contributed by atoms with Crippen LogP contribution in [0.2, 0.25) is 5.15 Å². The smallest absolute Gasteiger partial charge is 0.340 e. The van der Waals surface area contributed by atoms with Crippen LogP contribution in [-0.4, -0.2) is 36.4 Å². The Balaban J connectivity index is 1.85. The monoisotopic (exact) mass is 347 g/mol. The highest BCUT2D eigenvalue weighted by Gasteiger charge is 2.11. The second kappa shape index (κ2) is 8.07. The molecule has 0 saturated heterocycles. The Morgan fingerprint density at radius 3 is 2.33 bits per heavy atom. The van der Waals surface area contributed by atoms with E-state index < -0.39 is 18.5 Å². The van der Waals surface area contributed by atoms with Crippen LogP contribution < -0.4 is 10.6 Å². The molecule has 24 heavy (non-hydrogen) atoms. The summed E-state index contributed by atoms with van der Waals surface area (Å²) < 4.78 is 4.88. The number of anilines is 1. The maximum absolute atomic E-state index is 11.8. The number of carbonyl (C=O) groups excluding carboxylic acids is 3. The first-order chi connectivity index (χ1) is 11.5. The molecule has 0 aliphatic rings. The van der Waals surface area contributed by atoms with Crippen LogP contribution in [0, 0.1) is 0 Å². The number of pyridine rings is 1. The molecule has 7 nitrogen and oxygen atoms in total. The molecule has 2 N–H and O–H groups in total. The molecule has 1 heterocycles. The Bertz CT molecular complexity index is 745. The number of nitrogens with zero attached hydrogens (tertiary/aromatic N) is 1. The normalized spacial score (nSPS) is 9.92. The number of aromatic nitrogens is 1. The lowest BCUT2D eigenvalue weighted by molar-refractivity contribution is -0.119. The van der Waals surface area contributed by atoms with Gasteiger partial charge in [-0.25, -0.2) is 9.78 Å². The van der Waals surface area contributed by atoms with Gasteiger partial charge in [0.2, 0.25) is 0 Å². The van der Waals surface area contributed by atoms with E-state index in [2.05, 4.69) is 15.6 Å². The summed E-state index contributed by atoms with van der Waals surface area (Å²) in [7, 11) is 1.53. The molecule has 0 fully saturated rings. The van der Waals surface area contributed by atoms with Crippen LogP contribution in [0.1, 0.15) is 20.7 Å². The summed E-state index contributed by atoms with van der Waals surface area (Å²) in [4.78, 5) is 38.7. The van der Waals surface area contributed by atoms with Crippen molar-refractivity contribution < 1.29 is 19.1 Å². The minimum atomic E-state index is -0.677. The number of hydrogen-bond acceptors (Lipinski definition) is 5. The van der Waals surface area contributed by atoms with Gasteiger partial charge in [0, 0.05) is 24.5 Å². The minimum absolute atomic E-state index is 0.196. The minimum Gasteiger partial charge on any atom is -0.452 e. The number of hydrogen-bond donors (Lipinski definition) is 2. The lowest BCUT2D eigenvalue weighted by Gasteiger charge is -2.07. The van der Waals surface area contributed by atoms with Gasteiger partial charge in [0.15, 0.2) is 6.61 Å². The molecule has 2 amide bonds. The maximum Gasteiger partial charge on any atom is 0.340 e. The summed E-state index contributed by atoms with van der Waals surface area (Å²) in [6, 6.07) is 9.19. The van der Waals surface area contributed by atoms with Gasteiger partial charge < -0.3 is 15.4 Å². The molecule has 1 aromatic carbocycles. The van der Waals surface area contributed by atoms with E-state index in [4.69, 9.17) is 16.3 Å². The van der Waals surface area contributed by atoms with Crippen molar-refractivity contribution in [2.75, 3.05) is 19.0 Å². The Morgan fingerprint density at radius 2 is 1.75 bits per heavy atom. The van der Waals surface area contributed by atoms with Crippen molar-refractivity contribution in [2.45, 2.75) is 0 Å². The number of carbonyl (C=O) groups is 3. The first-order valence-electron chi connectivity index (χ1n) is 6.90. The molecule has 0 aliphatic heterocycles. The van der Waals surface area contributed by atoms with Crippen molar-refractivity contribution in [3.8, 4) is 0 Å². The SMILES string of the molecule is CNC(=O)c1ccc(NC(=O)COC(=O)c2ccc(Cl)nc2)cc1. The predicted octanol–water partition coefficient (Wildman–Crippen LogP) is 1.89. The van der Waals surface area contributed by atoms with E-state index in [9.17, 15) is 14.4 Å². The summed E-state index contributed by atoms with van der Waals surface area (Å²) in [5.74, 6) is -1.40. The molecule has 1 aromatic heterocycles. The zero-order valence-corrected chi connectivity index (χ0v) is 13.5. The summed E-state index contributed by atoms with van der Waals surface area (Å²) in [5, 5.41) is 5.31. The molecule has 0 radical (unpaired) electrons. The van der Waals surface area contributed by atoms with Gasteiger partial charge >= 0.3 is 5.97 Å². The van der Waals surface area contributed by atoms with Crippen LogP contribution in [0.15, 0.2) is 42.6 Å². The molecule has 0 aliphatic carbocycles. The molecule has 0 unspecified atom stereocenters. The summed E-state index contributed by atoms with van der Waals surface area (Å²) >= 11 is 5.62.